The van der Waals surface area contributed by atoms with Gasteiger partial charge >= 0.3 is 0 Å². The van der Waals surface area contributed by atoms with Crippen molar-refractivity contribution in [2.75, 3.05) is 36.4 Å². The summed E-state index contributed by atoms with van der Waals surface area (Å²) in [7, 11) is 0. The Balaban J connectivity index is 1.89. The largest absolute Gasteiger partial charge is 0.368 e. The lowest BCUT2D eigenvalue weighted by atomic mass is 9.94. The molecule has 0 bridgehead atoms. The number of anilines is 2. The van der Waals surface area contributed by atoms with E-state index in [0.29, 0.717) is 12.3 Å². The van der Waals surface area contributed by atoms with E-state index in [1.165, 1.54) is 0 Å². The van der Waals surface area contributed by atoms with E-state index in [1.807, 2.05) is 63.8 Å². The molecule has 1 aromatic carbocycles. The van der Waals surface area contributed by atoms with Crippen LogP contribution in [0.5, 0.6) is 0 Å². The van der Waals surface area contributed by atoms with Gasteiger partial charge in [-0.1, -0.05) is 34.6 Å². The molecule has 0 unspecified atom stereocenters. The lowest BCUT2D eigenvalue weighted by molar-refractivity contribution is -0.139. The van der Waals surface area contributed by atoms with Gasteiger partial charge in [-0.3, -0.25) is 9.59 Å². The molecule has 5 heteroatoms. The molecule has 0 atom stereocenters. The predicted octanol–water partition coefficient (Wildman–Crippen LogP) is 3.37. The van der Waals surface area contributed by atoms with E-state index in [0.717, 1.165) is 37.6 Å². The van der Waals surface area contributed by atoms with Crippen molar-refractivity contribution in [1.82, 2.24) is 4.90 Å². The molecule has 0 aromatic heterocycles. The smallest absolute Gasteiger partial charge is 0.228 e. The zero-order valence-electron chi connectivity index (χ0n) is 16.1. The third-order valence-corrected chi connectivity index (χ3v) is 4.32. The Labute approximate surface area is 151 Å². The van der Waals surface area contributed by atoms with Crippen LogP contribution in [0.1, 0.15) is 41.0 Å². The Kier molecular flexibility index (Phi) is 6.09. The number of benzene rings is 1. The fraction of sp³-hybridized carbons (Fsp3) is 0.600. The van der Waals surface area contributed by atoms with Gasteiger partial charge in [0, 0.05) is 49.4 Å². The van der Waals surface area contributed by atoms with Gasteiger partial charge in [-0.25, -0.2) is 0 Å². The van der Waals surface area contributed by atoms with Crippen LogP contribution < -0.4 is 10.2 Å². The van der Waals surface area contributed by atoms with Crippen LogP contribution >= 0.6 is 0 Å². The van der Waals surface area contributed by atoms with Crippen LogP contribution in [0.3, 0.4) is 0 Å². The second-order valence-corrected chi connectivity index (χ2v) is 8.22. The molecule has 2 rings (SSSR count). The van der Waals surface area contributed by atoms with Crippen molar-refractivity contribution in [1.29, 1.82) is 0 Å². The third kappa shape index (κ3) is 5.48. The molecule has 1 aromatic rings. The van der Waals surface area contributed by atoms with Crippen molar-refractivity contribution in [3.63, 3.8) is 0 Å². The molecule has 25 heavy (non-hydrogen) atoms. The molecular formula is C20H31N3O2. The molecule has 1 aliphatic heterocycles. The quantitative estimate of drug-likeness (QED) is 0.910. The van der Waals surface area contributed by atoms with E-state index in [9.17, 15) is 9.59 Å². The molecule has 1 saturated heterocycles. The minimum atomic E-state index is -0.321. The van der Waals surface area contributed by atoms with E-state index in [4.69, 9.17) is 0 Å². The Morgan fingerprint density at radius 1 is 1.04 bits per heavy atom. The number of nitrogens with one attached hydrogen (secondary N) is 1. The number of nitrogens with zero attached hydrogens (tertiary/aromatic N) is 2. The van der Waals surface area contributed by atoms with Gasteiger partial charge in [-0.2, -0.15) is 0 Å². The highest BCUT2D eigenvalue weighted by molar-refractivity contribution is 5.91. The molecule has 138 valence electrons. The van der Waals surface area contributed by atoms with Crippen LogP contribution in [0.2, 0.25) is 0 Å². The summed E-state index contributed by atoms with van der Waals surface area (Å²) in [6, 6.07) is 7.96. The van der Waals surface area contributed by atoms with Gasteiger partial charge in [0.25, 0.3) is 0 Å². The zero-order valence-corrected chi connectivity index (χ0v) is 16.1. The molecule has 1 fully saturated rings. The first kappa shape index (κ1) is 19.3. The Morgan fingerprint density at radius 2 is 1.60 bits per heavy atom. The van der Waals surface area contributed by atoms with E-state index in [-0.39, 0.29) is 17.2 Å². The van der Waals surface area contributed by atoms with Crippen LogP contribution in [0.4, 0.5) is 11.4 Å². The molecule has 0 saturated carbocycles. The average molecular weight is 345 g/mol. The third-order valence-electron chi connectivity index (χ3n) is 4.32. The summed E-state index contributed by atoms with van der Waals surface area (Å²) in [5, 5.41) is 2.93. The van der Waals surface area contributed by atoms with E-state index in [2.05, 4.69) is 10.2 Å². The zero-order chi connectivity index (χ0) is 18.6. The molecule has 0 aliphatic carbocycles. The van der Waals surface area contributed by atoms with Crippen LogP contribution in [0.25, 0.3) is 0 Å². The second-order valence-electron chi connectivity index (χ2n) is 8.22. The normalized spacial score (nSPS) is 15.4. The first-order valence-corrected chi connectivity index (χ1v) is 9.11. The molecule has 1 aliphatic rings. The van der Waals surface area contributed by atoms with Gasteiger partial charge in [0.1, 0.15) is 0 Å². The minimum Gasteiger partial charge on any atom is -0.368 e. The summed E-state index contributed by atoms with van der Waals surface area (Å²) in [4.78, 5) is 28.4. The maximum Gasteiger partial charge on any atom is 0.228 e. The Bertz CT molecular complexity index is 594. The molecule has 0 radical (unpaired) electrons. The molecular weight excluding hydrogens is 314 g/mol. The lowest BCUT2D eigenvalue weighted by Gasteiger charge is -2.38. The summed E-state index contributed by atoms with van der Waals surface area (Å²) < 4.78 is 0. The number of piperazine rings is 1. The topological polar surface area (TPSA) is 52.7 Å². The molecule has 1 heterocycles. The highest BCUT2D eigenvalue weighted by Gasteiger charge is 2.29. The number of rotatable bonds is 4. The van der Waals surface area contributed by atoms with Gasteiger partial charge in [0.2, 0.25) is 11.8 Å². The summed E-state index contributed by atoms with van der Waals surface area (Å²) in [6.45, 7) is 13.1. The van der Waals surface area contributed by atoms with Crippen molar-refractivity contribution < 1.29 is 9.59 Å². The van der Waals surface area contributed by atoms with Gasteiger partial charge in [0.15, 0.2) is 0 Å². The molecule has 0 spiro atoms. The first-order valence-electron chi connectivity index (χ1n) is 9.11. The Morgan fingerprint density at radius 3 is 2.08 bits per heavy atom. The maximum atomic E-state index is 12.4. The van der Waals surface area contributed by atoms with Crippen LogP contribution in [-0.2, 0) is 9.59 Å². The SMILES string of the molecule is CC(C)CC(=O)Nc1ccc(N2CCN(C(=O)C(C)(C)C)CC2)cc1. The average Bonchev–Trinajstić information content (AvgIpc) is 2.53. The summed E-state index contributed by atoms with van der Waals surface area (Å²) in [5.74, 6) is 0.624. The number of hydrogen-bond donors (Lipinski definition) is 1. The molecule has 1 N–H and O–H groups in total. The van der Waals surface area contributed by atoms with Crippen molar-refractivity contribution in [3.05, 3.63) is 24.3 Å². The number of amides is 2. The van der Waals surface area contributed by atoms with Crippen molar-refractivity contribution in [3.8, 4) is 0 Å². The van der Waals surface area contributed by atoms with E-state index in [1.54, 1.807) is 0 Å². The van der Waals surface area contributed by atoms with Crippen LogP contribution in [0.15, 0.2) is 24.3 Å². The Hall–Kier alpha value is -2.04. The van der Waals surface area contributed by atoms with Gasteiger partial charge in [0.05, 0.1) is 0 Å². The number of carbonyl (C=O) groups is 2. The van der Waals surface area contributed by atoms with E-state index >= 15 is 0 Å². The first-order chi connectivity index (χ1) is 11.7. The fourth-order valence-corrected chi connectivity index (χ4v) is 2.98. The molecule has 5 nitrogen and oxygen atoms in total. The highest BCUT2D eigenvalue weighted by atomic mass is 16.2. The summed E-state index contributed by atoms with van der Waals surface area (Å²) in [5.41, 5.74) is 1.64. The van der Waals surface area contributed by atoms with Gasteiger partial charge in [-0.05, 0) is 30.2 Å². The number of hydrogen-bond acceptors (Lipinski definition) is 3. The predicted molar refractivity (Wildman–Crippen MR) is 103 cm³/mol. The lowest BCUT2D eigenvalue weighted by Crippen LogP contribution is -2.51. The summed E-state index contributed by atoms with van der Waals surface area (Å²) in [6.07, 6.45) is 0.533. The monoisotopic (exact) mass is 345 g/mol. The summed E-state index contributed by atoms with van der Waals surface area (Å²) >= 11 is 0. The minimum absolute atomic E-state index is 0.0528. The van der Waals surface area contributed by atoms with Gasteiger partial charge in [-0.15, -0.1) is 0 Å². The number of carbonyl (C=O) groups excluding carboxylic acids is 2. The second kappa shape index (κ2) is 7.89. The van der Waals surface area contributed by atoms with Crippen LogP contribution in [0, 0.1) is 11.3 Å². The van der Waals surface area contributed by atoms with Crippen molar-refractivity contribution in [2.45, 2.75) is 41.0 Å². The van der Waals surface area contributed by atoms with Crippen molar-refractivity contribution in [2.24, 2.45) is 11.3 Å². The van der Waals surface area contributed by atoms with Gasteiger partial charge < -0.3 is 15.1 Å². The van der Waals surface area contributed by atoms with E-state index < -0.39 is 0 Å². The molecule has 2 amide bonds. The maximum absolute atomic E-state index is 12.4. The standard InChI is InChI=1S/C20H31N3O2/c1-15(2)14-18(24)21-16-6-8-17(9-7-16)22-10-12-23(13-11-22)19(25)20(3,4)5/h6-9,15H,10-14H2,1-5H3,(H,21,24). The highest BCUT2D eigenvalue weighted by Crippen LogP contribution is 2.22. The van der Waals surface area contributed by atoms with Crippen molar-refractivity contribution >= 4 is 23.2 Å². The van der Waals surface area contributed by atoms with Crippen LogP contribution in [-0.4, -0.2) is 42.9 Å². The fourth-order valence-electron chi connectivity index (χ4n) is 2.98.